The molecule has 1 amide bonds. The number of ether oxygens (including phenoxy) is 1. The lowest BCUT2D eigenvalue weighted by molar-refractivity contribution is -0.114. The number of amides is 1. The van der Waals surface area contributed by atoms with Gasteiger partial charge in [-0.3, -0.25) is 4.79 Å². The number of benzene rings is 2. The van der Waals surface area contributed by atoms with Gasteiger partial charge in [-0.25, -0.2) is 17.5 Å². The summed E-state index contributed by atoms with van der Waals surface area (Å²) in [6.45, 7) is 1.83. The Kier molecular flexibility index (Phi) is 6.76. The summed E-state index contributed by atoms with van der Waals surface area (Å²) in [5.41, 5.74) is 2.44. The molecule has 0 aliphatic rings. The van der Waals surface area contributed by atoms with Gasteiger partial charge in [-0.2, -0.15) is 0 Å². The molecule has 2 N–H and O–H groups in total. The molecule has 0 saturated heterocycles. The summed E-state index contributed by atoms with van der Waals surface area (Å²) >= 11 is 0. The Bertz CT molecular complexity index is 970. The van der Waals surface area contributed by atoms with Crippen molar-refractivity contribution in [1.82, 2.24) is 4.31 Å². The van der Waals surface area contributed by atoms with Crippen molar-refractivity contribution >= 4 is 33.3 Å². The summed E-state index contributed by atoms with van der Waals surface area (Å²) in [5, 5.41) is 5.70. The Morgan fingerprint density at radius 3 is 2.25 bits per heavy atom. The van der Waals surface area contributed by atoms with Gasteiger partial charge in [0.05, 0.1) is 24.1 Å². The second kappa shape index (κ2) is 8.85. The van der Waals surface area contributed by atoms with Crippen LogP contribution in [0.3, 0.4) is 0 Å². The first-order valence-corrected chi connectivity index (χ1v) is 9.84. The number of sulfonamides is 1. The molecule has 150 valence electrons. The number of carbonyl (C=O) groups is 2. The van der Waals surface area contributed by atoms with Gasteiger partial charge >= 0.3 is 5.97 Å². The highest BCUT2D eigenvalue weighted by Crippen LogP contribution is 2.18. The lowest BCUT2D eigenvalue weighted by Gasteiger charge is -2.13. The largest absolute Gasteiger partial charge is 0.465 e. The monoisotopic (exact) mass is 405 g/mol. The van der Waals surface area contributed by atoms with Gasteiger partial charge in [0.15, 0.2) is 0 Å². The van der Waals surface area contributed by atoms with Crippen LogP contribution in [0, 0.1) is 6.92 Å². The number of aryl methyl sites for hydroxylation is 1. The highest BCUT2D eigenvalue weighted by molar-refractivity contribution is 7.89. The first kappa shape index (κ1) is 21.4. The van der Waals surface area contributed by atoms with Crippen LogP contribution in [-0.4, -0.2) is 52.3 Å². The van der Waals surface area contributed by atoms with Gasteiger partial charge in [-0.15, -0.1) is 0 Å². The molecular weight excluding hydrogens is 382 g/mol. The van der Waals surface area contributed by atoms with E-state index in [0.717, 1.165) is 15.6 Å². The maximum Gasteiger partial charge on any atom is 0.337 e. The molecule has 2 aromatic rings. The van der Waals surface area contributed by atoms with Gasteiger partial charge < -0.3 is 15.4 Å². The van der Waals surface area contributed by atoms with E-state index in [0.29, 0.717) is 11.3 Å². The molecule has 0 bridgehead atoms. The Hall–Kier alpha value is -2.91. The molecule has 0 aromatic heterocycles. The topological polar surface area (TPSA) is 105 Å². The van der Waals surface area contributed by atoms with Crippen LogP contribution < -0.4 is 10.6 Å². The SMILES string of the molecule is COC(=O)c1ccc(NCC(=O)Nc2ccc(S(=O)(=O)N(C)C)cc2)c(C)c1. The number of rotatable bonds is 7. The Morgan fingerprint density at radius 1 is 1.07 bits per heavy atom. The Labute approximate surface area is 164 Å². The third-order valence-corrected chi connectivity index (χ3v) is 5.83. The van der Waals surface area contributed by atoms with E-state index in [4.69, 9.17) is 0 Å². The fourth-order valence-electron chi connectivity index (χ4n) is 2.41. The quantitative estimate of drug-likeness (QED) is 0.684. The van der Waals surface area contributed by atoms with Crippen LogP contribution in [0.25, 0.3) is 0 Å². The second-order valence-corrected chi connectivity index (χ2v) is 8.39. The van der Waals surface area contributed by atoms with E-state index in [2.05, 4.69) is 15.4 Å². The molecule has 2 aromatic carbocycles. The molecule has 8 nitrogen and oxygen atoms in total. The molecular formula is C19H23N3O5S. The number of hydrogen-bond donors (Lipinski definition) is 2. The molecule has 0 atom stereocenters. The van der Waals surface area contributed by atoms with E-state index in [1.807, 2.05) is 6.92 Å². The number of carbonyl (C=O) groups excluding carboxylic acids is 2. The predicted molar refractivity (Wildman–Crippen MR) is 107 cm³/mol. The maximum atomic E-state index is 12.1. The highest BCUT2D eigenvalue weighted by Gasteiger charge is 2.16. The highest BCUT2D eigenvalue weighted by atomic mass is 32.2. The van der Waals surface area contributed by atoms with Crippen LogP contribution in [0.1, 0.15) is 15.9 Å². The van der Waals surface area contributed by atoms with Gasteiger partial charge in [0.25, 0.3) is 0 Å². The molecule has 0 aliphatic carbocycles. The van der Waals surface area contributed by atoms with E-state index in [-0.39, 0.29) is 17.3 Å². The lowest BCUT2D eigenvalue weighted by atomic mass is 10.1. The second-order valence-electron chi connectivity index (χ2n) is 6.23. The minimum Gasteiger partial charge on any atom is -0.465 e. The fourth-order valence-corrected chi connectivity index (χ4v) is 3.31. The molecule has 0 radical (unpaired) electrons. The smallest absolute Gasteiger partial charge is 0.337 e. The standard InChI is InChI=1S/C19H23N3O5S/c1-13-11-14(19(24)27-4)5-10-17(13)20-12-18(23)21-15-6-8-16(9-7-15)28(25,26)22(2)3/h5-11,20H,12H2,1-4H3,(H,21,23). The fraction of sp³-hybridized carbons (Fsp3) is 0.263. The van der Waals surface area contributed by atoms with Gasteiger partial charge in [0.2, 0.25) is 15.9 Å². The summed E-state index contributed by atoms with van der Waals surface area (Å²) in [6, 6.07) is 10.9. The summed E-state index contributed by atoms with van der Waals surface area (Å²) in [5.74, 6) is -0.716. The van der Waals surface area contributed by atoms with Gasteiger partial charge in [-0.05, 0) is 55.0 Å². The normalized spacial score (nSPS) is 11.2. The van der Waals surface area contributed by atoms with E-state index in [1.165, 1.54) is 45.5 Å². The summed E-state index contributed by atoms with van der Waals surface area (Å²) < 4.78 is 29.9. The van der Waals surface area contributed by atoms with Crippen molar-refractivity contribution in [2.75, 3.05) is 38.4 Å². The zero-order valence-electron chi connectivity index (χ0n) is 16.1. The maximum absolute atomic E-state index is 12.1. The molecule has 0 saturated carbocycles. The van der Waals surface area contributed by atoms with Crippen molar-refractivity contribution in [2.45, 2.75) is 11.8 Å². The zero-order chi connectivity index (χ0) is 20.9. The molecule has 0 heterocycles. The van der Waals surface area contributed by atoms with E-state index in [9.17, 15) is 18.0 Å². The van der Waals surface area contributed by atoms with E-state index >= 15 is 0 Å². The van der Waals surface area contributed by atoms with Crippen molar-refractivity contribution < 1.29 is 22.7 Å². The summed E-state index contributed by atoms with van der Waals surface area (Å²) in [6.07, 6.45) is 0. The third-order valence-electron chi connectivity index (χ3n) is 4.00. The van der Waals surface area contributed by atoms with Gasteiger partial charge in [0, 0.05) is 25.5 Å². The Balaban J connectivity index is 1.97. The molecule has 2 rings (SSSR count). The number of methoxy groups -OCH3 is 1. The molecule has 0 fully saturated rings. The Morgan fingerprint density at radius 2 is 1.71 bits per heavy atom. The van der Waals surface area contributed by atoms with Crippen LogP contribution in [0.2, 0.25) is 0 Å². The van der Waals surface area contributed by atoms with Gasteiger partial charge in [0.1, 0.15) is 0 Å². The molecule has 0 aliphatic heterocycles. The number of nitrogens with zero attached hydrogens (tertiary/aromatic N) is 1. The van der Waals surface area contributed by atoms with E-state index in [1.54, 1.807) is 18.2 Å². The molecule has 9 heteroatoms. The number of esters is 1. The predicted octanol–water partition coefficient (Wildman–Crippen LogP) is 2.08. The third kappa shape index (κ3) is 5.08. The molecule has 0 spiro atoms. The van der Waals surface area contributed by atoms with Crippen LogP contribution in [0.4, 0.5) is 11.4 Å². The minimum absolute atomic E-state index is 0.0101. The van der Waals surface area contributed by atoms with Crippen molar-refractivity contribution in [3.63, 3.8) is 0 Å². The van der Waals surface area contributed by atoms with Crippen molar-refractivity contribution in [2.24, 2.45) is 0 Å². The van der Waals surface area contributed by atoms with Crippen LogP contribution in [0.5, 0.6) is 0 Å². The van der Waals surface area contributed by atoms with Crippen molar-refractivity contribution in [3.8, 4) is 0 Å². The average molecular weight is 405 g/mol. The summed E-state index contributed by atoms with van der Waals surface area (Å²) in [7, 11) is 0.716. The number of hydrogen-bond acceptors (Lipinski definition) is 6. The number of anilines is 2. The van der Waals surface area contributed by atoms with Crippen LogP contribution in [-0.2, 0) is 19.6 Å². The lowest BCUT2D eigenvalue weighted by Crippen LogP contribution is -2.23. The van der Waals surface area contributed by atoms with Gasteiger partial charge in [-0.1, -0.05) is 0 Å². The number of nitrogens with one attached hydrogen (secondary N) is 2. The zero-order valence-corrected chi connectivity index (χ0v) is 17.0. The summed E-state index contributed by atoms with van der Waals surface area (Å²) in [4.78, 5) is 23.8. The van der Waals surface area contributed by atoms with Crippen LogP contribution in [0.15, 0.2) is 47.4 Å². The van der Waals surface area contributed by atoms with Crippen molar-refractivity contribution in [1.29, 1.82) is 0 Å². The van der Waals surface area contributed by atoms with Crippen LogP contribution >= 0.6 is 0 Å². The van der Waals surface area contributed by atoms with E-state index < -0.39 is 16.0 Å². The van der Waals surface area contributed by atoms with Crippen molar-refractivity contribution in [3.05, 3.63) is 53.6 Å². The first-order valence-electron chi connectivity index (χ1n) is 8.40. The minimum atomic E-state index is -3.51. The first-order chi connectivity index (χ1) is 13.1. The average Bonchev–Trinajstić information content (AvgIpc) is 2.66. The molecule has 28 heavy (non-hydrogen) atoms. The molecule has 0 unspecified atom stereocenters.